The van der Waals surface area contributed by atoms with Crippen LogP contribution in [-0.4, -0.2) is 34.5 Å². The predicted molar refractivity (Wildman–Crippen MR) is 40.5 cm³/mol. The maximum atomic E-state index is 11.1. The van der Waals surface area contributed by atoms with Crippen LogP contribution >= 0.6 is 0 Å². The maximum absolute atomic E-state index is 11.1. The highest BCUT2D eigenvalue weighted by molar-refractivity contribution is 6.31. The van der Waals surface area contributed by atoms with Crippen molar-refractivity contribution in [3.05, 3.63) is 0 Å². The number of amides is 1. The summed E-state index contributed by atoms with van der Waals surface area (Å²) in [6.07, 6.45) is 3.16. The molecule has 2 fully saturated rings. The fraction of sp³-hybridized carbons (Fsp3) is 0.750. The standard InChI is InChI=1S/C8H11NO3/c10-7(8(11)12)9-4-5-1-2-6(9)3-5/h5-6H,1-4H2,(H,11,12). The van der Waals surface area contributed by atoms with E-state index in [0.29, 0.717) is 12.5 Å². The Bertz CT molecular complexity index is 238. The fourth-order valence-electron chi connectivity index (χ4n) is 2.30. The summed E-state index contributed by atoms with van der Waals surface area (Å²) >= 11 is 0. The molecule has 2 bridgehead atoms. The van der Waals surface area contributed by atoms with Crippen LogP contribution in [0.1, 0.15) is 19.3 Å². The van der Waals surface area contributed by atoms with Crippen molar-refractivity contribution in [1.29, 1.82) is 0 Å². The molecule has 1 N–H and O–H groups in total. The number of piperidine rings is 1. The Morgan fingerprint density at radius 2 is 2.08 bits per heavy atom. The Hall–Kier alpha value is -1.06. The minimum atomic E-state index is -1.32. The number of aliphatic carboxylic acids is 1. The zero-order valence-corrected chi connectivity index (χ0v) is 6.69. The molecule has 0 aromatic carbocycles. The quantitative estimate of drug-likeness (QED) is 0.522. The molecular formula is C8H11NO3. The number of carboxylic acid groups (broad SMARTS) is 1. The summed E-state index contributed by atoms with van der Waals surface area (Å²) in [6.45, 7) is 0.662. The van der Waals surface area contributed by atoms with Gasteiger partial charge < -0.3 is 10.0 Å². The highest BCUT2D eigenvalue weighted by Gasteiger charge is 2.41. The molecule has 1 saturated carbocycles. The molecule has 4 nitrogen and oxygen atoms in total. The molecule has 2 atom stereocenters. The molecule has 1 saturated heterocycles. The van der Waals surface area contributed by atoms with Gasteiger partial charge >= 0.3 is 11.9 Å². The van der Waals surface area contributed by atoms with Crippen LogP contribution < -0.4 is 0 Å². The summed E-state index contributed by atoms with van der Waals surface area (Å²) in [4.78, 5) is 22.9. The van der Waals surface area contributed by atoms with E-state index in [1.54, 1.807) is 0 Å². The minimum Gasteiger partial charge on any atom is -0.474 e. The van der Waals surface area contributed by atoms with Gasteiger partial charge in [-0.25, -0.2) is 4.79 Å². The van der Waals surface area contributed by atoms with Crippen LogP contribution in [0.5, 0.6) is 0 Å². The van der Waals surface area contributed by atoms with E-state index < -0.39 is 11.9 Å². The van der Waals surface area contributed by atoms with Crippen molar-refractivity contribution in [2.45, 2.75) is 25.3 Å². The molecule has 0 radical (unpaired) electrons. The molecule has 1 heterocycles. The van der Waals surface area contributed by atoms with Crippen molar-refractivity contribution in [2.75, 3.05) is 6.54 Å². The second-order valence-electron chi connectivity index (χ2n) is 3.60. The lowest BCUT2D eigenvalue weighted by atomic mass is 10.1. The molecule has 2 aliphatic rings. The zero-order chi connectivity index (χ0) is 8.72. The SMILES string of the molecule is O=C(O)C(=O)N1CC2CCC1C2. The highest BCUT2D eigenvalue weighted by Crippen LogP contribution is 2.37. The van der Waals surface area contributed by atoms with Crippen LogP contribution in [0.4, 0.5) is 0 Å². The molecular weight excluding hydrogens is 158 g/mol. The molecule has 2 rings (SSSR count). The molecule has 1 amide bonds. The predicted octanol–water partition coefficient (Wildman–Crippen LogP) is 0.0819. The average molecular weight is 169 g/mol. The fourth-order valence-corrected chi connectivity index (χ4v) is 2.30. The second-order valence-corrected chi connectivity index (χ2v) is 3.60. The first-order chi connectivity index (χ1) is 5.68. The van der Waals surface area contributed by atoms with Crippen LogP contribution in [0.15, 0.2) is 0 Å². The Morgan fingerprint density at radius 3 is 2.50 bits per heavy atom. The third-order valence-corrected chi connectivity index (χ3v) is 2.85. The summed E-state index contributed by atoms with van der Waals surface area (Å²) < 4.78 is 0. The summed E-state index contributed by atoms with van der Waals surface area (Å²) in [5, 5.41) is 8.48. The van der Waals surface area contributed by atoms with Gasteiger partial charge in [0, 0.05) is 12.6 Å². The molecule has 1 aliphatic heterocycles. The molecule has 66 valence electrons. The third-order valence-electron chi connectivity index (χ3n) is 2.85. The number of rotatable bonds is 0. The second kappa shape index (κ2) is 2.47. The van der Waals surface area contributed by atoms with Gasteiger partial charge in [-0.2, -0.15) is 0 Å². The van der Waals surface area contributed by atoms with Crippen molar-refractivity contribution in [1.82, 2.24) is 4.90 Å². The topological polar surface area (TPSA) is 57.6 Å². The van der Waals surface area contributed by atoms with Crippen molar-refractivity contribution in [2.24, 2.45) is 5.92 Å². The molecule has 0 aromatic heterocycles. The van der Waals surface area contributed by atoms with E-state index >= 15 is 0 Å². The Morgan fingerprint density at radius 1 is 1.33 bits per heavy atom. The smallest absolute Gasteiger partial charge is 0.394 e. The molecule has 12 heavy (non-hydrogen) atoms. The Labute approximate surface area is 70.2 Å². The molecule has 0 spiro atoms. The highest BCUT2D eigenvalue weighted by atomic mass is 16.4. The van der Waals surface area contributed by atoms with E-state index in [1.807, 2.05) is 0 Å². The summed E-state index contributed by atoms with van der Waals surface area (Å²) in [5.41, 5.74) is 0. The normalized spacial score (nSPS) is 32.5. The van der Waals surface area contributed by atoms with Crippen molar-refractivity contribution >= 4 is 11.9 Å². The number of hydrogen-bond acceptors (Lipinski definition) is 2. The van der Waals surface area contributed by atoms with Crippen LogP contribution in [0.2, 0.25) is 0 Å². The van der Waals surface area contributed by atoms with Gasteiger partial charge in [-0.1, -0.05) is 0 Å². The van der Waals surface area contributed by atoms with Crippen molar-refractivity contribution < 1.29 is 14.7 Å². The van der Waals surface area contributed by atoms with Crippen LogP contribution in [0, 0.1) is 5.92 Å². The van der Waals surface area contributed by atoms with E-state index in [0.717, 1.165) is 19.3 Å². The lowest BCUT2D eigenvalue weighted by molar-refractivity contribution is -0.156. The summed E-state index contributed by atoms with van der Waals surface area (Å²) in [7, 11) is 0. The molecule has 4 heteroatoms. The van der Waals surface area contributed by atoms with Gasteiger partial charge in [0.25, 0.3) is 0 Å². The van der Waals surface area contributed by atoms with E-state index in [2.05, 4.69) is 0 Å². The van der Waals surface area contributed by atoms with Crippen molar-refractivity contribution in [3.8, 4) is 0 Å². The van der Waals surface area contributed by atoms with E-state index in [4.69, 9.17) is 5.11 Å². The maximum Gasteiger partial charge on any atom is 0.394 e. The number of likely N-dealkylation sites (tertiary alicyclic amines) is 1. The zero-order valence-electron chi connectivity index (χ0n) is 6.69. The number of carboxylic acids is 1. The van der Waals surface area contributed by atoms with Gasteiger partial charge in [0.2, 0.25) is 0 Å². The molecule has 2 unspecified atom stereocenters. The first-order valence-electron chi connectivity index (χ1n) is 4.22. The minimum absolute atomic E-state index is 0.221. The Kier molecular flexibility index (Phi) is 1.56. The first-order valence-corrected chi connectivity index (χ1v) is 4.22. The summed E-state index contributed by atoms with van der Waals surface area (Å²) in [6, 6.07) is 0.221. The van der Waals surface area contributed by atoms with Gasteiger partial charge in [0.05, 0.1) is 0 Å². The number of carbonyl (C=O) groups excluding carboxylic acids is 1. The van der Waals surface area contributed by atoms with Gasteiger partial charge in [-0.3, -0.25) is 4.79 Å². The third kappa shape index (κ3) is 0.983. The van der Waals surface area contributed by atoms with Gasteiger partial charge in [-0.15, -0.1) is 0 Å². The van der Waals surface area contributed by atoms with Crippen LogP contribution in [-0.2, 0) is 9.59 Å². The number of nitrogens with zero attached hydrogens (tertiary/aromatic N) is 1. The largest absolute Gasteiger partial charge is 0.474 e. The van der Waals surface area contributed by atoms with Gasteiger partial charge in [0.1, 0.15) is 0 Å². The van der Waals surface area contributed by atoms with E-state index in [-0.39, 0.29) is 6.04 Å². The average Bonchev–Trinajstić information content (AvgIpc) is 2.62. The Balaban J connectivity index is 2.07. The van der Waals surface area contributed by atoms with E-state index in [9.17, 15) is 9.59 Å². The molecule has 1 aliphatic carbocycles. The summed E-state index contributed by atoms with van der Waals surface area (Å²) in [5.74, 6) is -1.47. The van der Waals surface area contributed by atoms with Crippen LogP contribution in [0.3, 0.4) is 0 Å². The lowest BCUT2D eigenvalue weighted by Gasteiger charge is -2.24. The monoisotopic (exact) mass is 169 g/mol. The number of fused-ring (bicyclic) bond motifs is 2. The van der Waals surface area contributed by atoms with Gasteiger partial charge in [-0.05, 0) is 25.2 Å². The van der Waals surface area contributed by atoms with Gasteiger partial charge in [0.15, 0.2) is 0 Å². The number of hydrogen-bond donors (Lipinski definition) is 1. The van der Waals surface area contributed by atoms with E-state index in [1.165, 1.54) is 4.90 Å². The molecule has 0 aromatic rings. The van der Waals surface area contributed by atoms with Crippen LogP contribution in [0.25, 0.3) is 0 Å². The number of carbonyl (C=O) groups is 2. The van der Waals surface area contributed by atoms with Crippen molar-refractivity contribution in [3.63, 3.8) is 0 Å². The first kappa shape index (κ1) is 7.58. The lowest BCUT2D eigenvalue weighted by Crippen LogP contribution is -2.41.